The number of hydrogen-bond donors (Lipinski definition) is 2. The molecule has 4 rings (SSSR count). The van der Waals surface area contributed by atoms with Crippen molar-refractivity contribution < 1.29 is 9.59 Å². The van der Waals surface area contributed by atoms with Gasteiger partial charge in [-0.2, -0.15) is 0 Å². The van der Waals surface area contributed by atoms with Crippen molar-refractivity contribution in [3.05, 3.63) is 82.9 Å². The molecule has 0 aliphatic heterocycles. The van der Waals surface area contributed by atoms with Gasteiger partial charge in [-0.15, -0.1) is 11.8 Å². The van der Waals surface area contributed by atoms with E-state index in [0.717, 1.165) is 20.7 Å². The fraction of sp³-hybridized carbons (Fsp3) is 0.125. The third kappa shape index (κ3) is 5.48. The van der Waals surface area contributed by atoms with Gasteiger partial charge in [0, 0.05) is 21.2 Å². The Hall–Kier alpha value is -2.87. The fourth-order valence-corrected chi connectivity index (χ4v) is 5.02. The second kappa shape index (κ2) is 9.73. The maximum absolute atomic E-state index is 12.6. The zero-order valence-electron chi connectivity index (χ0n) is 17.4. The lowest BCUT2D eigenvalue weighted by Crippen LogP contribution is -2.22. The zero-order chi connectivity index (χ0) is 22.7. The molecule has 2 N–H and O–H groups in total. The number of benzene rings is 3. The number of hydrogen-bond acceptors (Lipinski definition) is 5. The molecule has 1 unspecified atom stereocenters. The van der Waals surface area contributed by atoms with Crippen molar-refractivity contribution in [2.75, 3.05) is 10.6 Å². The third-order valence-electron chi connectivity index (χ3n) is 4.66. The van der Waals surface area contributed by atoms with Crippen molar-refractivity contribution in [1.82, 2.24) is 4.98 Å². The minimum absolute atomic E-state index is 0.107. The summed E-state index contributed by atoms with van der Waals surface area (Å²) >= 11 is 8.86. The van der Waals surface area contributed by atoms with Gasteiger partial charge in [0.2, 0.25) is 5.91 Å². The van der Waals surface area contributed by atoms with E-state index < -0.39 is 0 Å². The lowest BCUT2D eigenvalue weighted by atomic mass is 10.2. The van der Waals surface area contributed by atoms with Gasteiger partial charge in [0.15, 0.2) is 5.13 Å². The van der Waals surface area contributed by atoms with Crippen LogP contribution in [0.4, 0.5) is 10.8 Å². The largest absolute Gasteiger partial charge is 0.322 e. The predicted octanol–water partition coefficient (Wildman–Crippen LogP) is 6.63. The Morgan fingerprint density at radius 3 is 2.56 bits per heavy atom. The quantitative estimate of drug-likeness (QED) is 0.303. The van der Waals surface area contributed by atoms with Gasteiger partial charge in [-0.3, -0.25) is 9.59 Å². The number of carbonyl (C=O) groups excluding carboxylic acids is 2. The molecule has 0 aliphatic carbocycles. The first-order valence-electron chi connectivity index (χ1n) is 9.89. The van der Waals surface area contributed by atoms with Gasteiger partial charge in [0.1, 0.15) is 0 Å². The molecule has 0 bridgehead atoms. The van der Waals surface area contributed by atoms with E-state index in [4.69, 9.17) is 11.6 Å². The van der Waals surface area contributed by atoms with E-state index >= 15 is 0 Å². The lowest BCUT2D eigenvalue weighted by Gasteiger charge is -2.11. The van der Waals surface area contributed by atoms with Crippen molar-refractivity contribution in [1.29, 1.82) is 0 Å². The molecule has 0 spiro atoms. The minimum Gasteiger partial charge on any atom is -0.322 e. The molecule has 1 aromatic heterocycles. The molecule has 4 aromatic rings. The monoisotopic (exact) mass is 481 g/mol. The van der Waals surface area contributed by atoms with Crippen LogP contribution in [-0.2, 0) is 4.79 Å². The zero-order valence-corrected chi connectivity index (χ0v) is 19.8. The van der Waals surface area contributed by atoms with Crippen molar-refractivity contribution in [3.8, 4) is 0 Å². The molecule has 5 nitrogen and oxygen atoms in total. The number of fused-ring (bicyclic) bond motifs is 1. The summed E-state index contributed by atoms with van der Waals surface area (Å²) in [5.41, 5.74) is 3.20. The molecular formula is C24H20ClN3O2S2. The van der Waals surface area contributed by atoms with E-state index in [2.05, 4.69) is 21.7 Å². The highest BCUT2D eigenvalue weighted by molar-refractivity contribution is 8.00. The maximum Gasteiger partial charge on any atom is 0.255 e. The predicted molar refractivity (Wildman–Crippen MR) is 134 cm³/mol. The van der Waals surface area contributed by atoms with Gasteiger partial charge >= 0.3 is 0 Å². The molecule has 8 heteroatoms. The molecule has 0 radical (unpaired) electrons. The summed E-state index contributed by atoms with van der Waals surface area (Å²) < 4.78 is 1.05. The standard InChI is InChI=1S/C24H20ClN3O2S2/c1-14-6-11-20-21(12-14)32-24(27-20)28-22(29)15(2)31-19-9-7-18(8-10-19)26-23(30)16-4-3-5-17(25)13-16/h3-13,15H,1-2H3,(H,26,30)(H,27,28,29). The second-order valence-electron chi connectivity index (χ2n) is 7.23. The SMILES string of the molecule is Cc1ccc2nc(NC(=O)C(C)Sc3ccc(NC(=O)c4cccc(Cl)c4)cc3)sc2c1. The Bertz CT molecular complexity index is 1290. The number of anilines is 2. The molecule has 32 heavy (non-hydrogen) atoms. The van der Waals surface area contributed by atoms with Crippen molar-refractivity contribution in [2.24, 2.45) is 0 Å². The van der Waals surface area contributed by atoms with E-state index in [1.807, 2.05) is 50.2 Å². The average Bonchev–Trinajstić information content (AvgIpc) is 3.16. The van der Waals surface area contributed by atoms with Crippen LogP contribution < -0.4 is 10.6 Å². The second-order valence-corrected chi connectivity index (χ2v) is 10.1. The van der Waals surface area contributed by atoms with Gasteiger partial charge in [-0.25, -0.2) is 4.98 Å². The summed E-state index contributed by atoms with van der Waals surface area (Å²) in [6.45, 7) is 3.89. The van der Waals surface area contributed by atoms with Crippen LogP contribution in [-0.4, -0.2) is 22.0 Å². The average molecular weight is 482 g/mol. The number of thioether (sulfide) groups is 1. The Balaban J connectivity index is 1.34. The lowest BCUT2D eigenvalue weighted by molar-refractivity contribution is -0.115. The Kier molecular flexibility index (Phi) is 6.79. The summed E-state index contributed by atoms with van der Waals surface area (Å²) in [6, 6.07) is 20.2. The van der Waals surface area contributed by atoms with Crippen molar-refractivity contribution >= 4 is 67.5 Å². The number of amides is 2. The van der Waals surface area contributed by atoms with Crippen LogP contribution >= 0.6 is 34.7 Å². The highest BCUT2D eigenvalue weighted by Crippen LogP contribution is 2.29. The van der Waals surface area contributed by atoms with Crippen molar-refractivity contribution in [3.63, 3.8) is 0 Å². The van der Waals surface area contributed by atoms with Gasteiger partial charge < -0.3 is 10.6 Å². The van der Waals surface area contributed by atoms with E-state index in [1.54, 1.807) is 24.3 Å². The summed E-state index contributed by atoms with van der Waals surface area (Å²) in [7, 11) is 0. The van der Waals surface area contributed by atoms with Crippen LogP contribution in [0.5, 0.6) is 0 Å². The molecule has 1 atom stereocenters. The smallest absolute Gasteiger partial charge is 0.255 e. The molecule has 0 fully saturated rings. The highest BCUT2D eigenvalue weighted by Gasteiger charge is 2.17. The van der Waals surface area contributed by atoms with Crippen LogP contribution in [0.3, 0.4) is 0 Å². The summed E-state index contributed by atoms with van der Waals surface area (Å²) in [4.78, 5) is 30.4. The number of rotatable bonds is 6. The Morgan fingerprint density at radius 2 is 1.81 bits per heavy atom. The third-order valence-corrected chi connectivity index (χ3v) is 6.94. The van der Waals surface area contributed by atoms with Crippen LogP contribution in [0, 0.1) is 6.92 Å². The number of nitrogens with one attached hydrogen (secondary N) is 2. The summed E-state index contributed by atoms with van der Waals surface area (Å²) in [5.74, 6) is -0.337. The number of aryl methyl sites for hydroxylation is 1. The number of nitrogens with zero attached hydrogens (tertiary/aromatic N) is 1. The fourth-order valence-electron chi connectivity index (χ4n) is 3.00. The first-order valence-corrected chi connectivity index (χ1v) is 12.0. The van der Waals surface area contributed by atoms with Crippen LogP contribution in [0.1, 0.15) is 22.8 Å². The summed E-state index contributed by atoms with van der Waals surface area (Å²) in [6.07, 6.45) is 0. The molecule has 0 saturated carbocycles. The number of aromatic nitrogens is 1. The van der Waals surface area contributed by atoms with Crippen LogP contribution in [0.2, 0.25) is 5.02 Å². The van der Waals surface area contributed by atoms with E-state index in [1.165, 1.54) is 23.1 Å². The van der Waals surface area contributed by atoms with Gasteiger partial charge in [0.05, 0.1) is 15.5 Å². The van der Waals surface area contributed by atoms with E-state index in [0.29, 0.717) is 21.4 Å². The normalized spacial score (nSPS) is 11.8. The topological polar surface area (TPSA) is 71.1 Å². The first-order chi connectivity index (χ1) is 15.4. The summed E-state index contributed by atoms with van der Waals surface area (Å²) in [5, 5.41) is 6.56. The molecule has 1 heterocycles. The number of thiazole rings is 1. The van der Waals surface area contributed by atoms with E-state index in [-0.39, 0.29) is 17.1 Å². The highest BCUT2D eigenvalue weighted by atomic mass is 35.5. The molecule has 0 aliphatic rings. The van der Waals surface area contributed by atoms with Crippen molar-refractivity contribution in [2.45, 2.75) is 24.0 Å². The molecule has 0 saturated heterocycles. The Morgan fingerprint density at radius 1 is 1.03 bits per heavy atom. The number of halogens is 1. The van der Waals surface area contributed by atoms with Gasteiger partial charge in [-0.1, -0.05) is 35.1 Å². The first kappa shape index (κ1) is 22.3. The molecule has 3 aromatic carbocycles. The molecule has 2 amide bonds. The van der Waals surface area contributed by atoms with E-state index in [9.17, 15) is 9.59 Å². The van der Waals surface area contributed by atoms with Crippen LogP contribution in [0.25, 0.3) is 10.2 Å². The molecular weight excluding hydrogens is 462 g/mol. The van der Waals surface area contributed by atoms with Gasteiger partial charge in [-0.05, 0) is 74.0 Å². The minimum atomic E-state index is -0.310. The Labute approximate surface area is 199 Å². The number of carbonyl (C=O) groups is 2. The van der Waals surface area contributed by atoms with Crippen LogP contribution in [0.15, 0.2) is 71.6 Å². The van der Waals surface area contributed by atoms with Gasteiger partial charge in [0.25, 0.3) is 5.91 Å². The maximum atomic E-state index is 12.6. The molecule has 162 valence electrons.